The number of nitrogens with two attached hydrogens (primary N) is 1. The van der Waals surface area contributed by atoms with Crippen molar-refractivity contribution in [3.8, 4) is 6.07 Å². The molecular weight excluding hydrogens is 320 g/mol. The summed E-state index contributed by atoms with van der Waals surface area (Å²) in [6, 6.07) is 1.09. The van der Waals surface area contributed by atoms with Gasteiger partial charge < -0.3 is 20.3 Å². The zero-order valence-corrected chi connectivity index (χ0v) is 15.5. The summed E-state index contributed by atoms with van der Waals surface area (Å²) < 4.78 is 5.20. The standard InChI is InChI=1S/C18H30N4O3/c1-18(2,10-15(23)21-8-5-7-14(21)12-25-3)16(20)17(24)22-9-4-6-13(22)11-19/h13-14,16H,4-10,12,20H2,1-3H3/t13-,14-,16+/m0/s1. The van der Waals surface area contributed by atoms with Crippen LogP contribution in [-0.2, 0) is 14.3 Å². The number of likely N-dealkylation sites (tertiary alicyclic amines) is 2. The van der Waals surface area contributed by atoms with E-state index < -0.39 is 17.5 Å². The van der Waals surface area contributed by atoms with Gasteiger partial charge in [0.2, 0.25) is 11.8 Å². The molecule has 140 valence electrons. The number of nitriles is 1. The SMILES string of the molecule is COC[C@@H]1CCCN1C(=O)CC(C)(C)[C@H](N)C(=O)N1CCC[C@H]1C#N. The van der Waals surface area contributed by atoms with Gasteiger partial charge in [-0.1, -0.05) is 13.8 Å². The van der Waals surface area contributed by atoms with Gasteiger partial charge in [0, 0.05) is 26.6 Å². The quantitative estimate of drug-likeness (QED) is 0.766. The number of ether oxygens (including phenoxy) is 1. The summed E-state index contributed by atoms with van der Waals surface area (Å²) in [6.07, 6.45) is 3.65. The third-order valence-corrected chi connectivity index (χ3v) is 5.46. The van der Waals surface area contributed by atoms with Crippen LogP contribution in [0.25, 0.3) is 0 Å². The molecule has 0 aliphatic carbocycles. The third kappa shape index (κ3) is 4.31. The van der Waals surface area contributed by atoms with Crippen molar-refractivity contribution < 1.29 is 14.3 Å². The van der Waals surface area contributed by atoms with E-state index in [0.717, 1.165) is 25.8 Å². The van der Waals surface area contributed by atoms with Gasteiger partial charge in [0.05, 0.1) is 24.8 Å². The van der Waals surface area contributed by atoms with Crippen LogP contribution < -0.4 is 5.73 Å². The molecule has 2 aliphatic heterocycles. The molecular formula is C18H30N4O3. The van der Waals surface area contributed by atoms with Crippen molar-refractivity contribution >= 4 is 11.8 Å². The first-order valence-corrected chi connectivity index (χ1v) is 9.06. The first-order valence-electron chi connectivity index (χ1n) is 9.06. The highest BCUT2D eigenvalue weighted by atomic mass is 16.5. The Balaban J connectivity index is 2.01. The highest BCUT2D eigenvalue weighted by Crippen LogP contribution is 2.30. The summed E-state index contributed by atoms with van der Waals surface area (Å²) >= 11 is 0. The number of hydrogen-bond donors (Lipinski definition) is 1. The topological polar surface area (TPSA) is 99.7 Å². The summed E-state index contributed by atoms with van der Waals surface area (Å²) in [5.74, 6) is -0.206. The predicted octanol–water partition coefficient (Wildman–Crippen LogP) is 0.882. The number of carbonyl (C=O) groups excluding carboxylic acids is 2. The van der Waals surface area contributed by atoms with Crippen molar-refractivity contribution in [3.63, 3.8) is 0 Å². The molecule has 0 aromatic carbocycles. The molecule has 3 atom stereocenters. The molecule has 0 bridgehead atoms. The minimum absolute atomic E-state index is 0.0195. The van der Waals surface area contributed by atoms with Crippen molar-refractivity contribution in [2.75, 3.05) is 26.8 Å². The molecule has 2 fully saturated rings. The Hall–Kier alpha value is -1.65. The third-order valence-electron chi connectivity index (χ3n) is 5.46. The van der Waals surface area contributed by atoms with Gasteiger partial charge in [0.15, 0.2) is 0 Å². The second-order valence-corrected chi connectivity index (χ2v) is 7.80. The van der Waals surface area contributed by atoms with Crippen LogP contribution in [0.2, 0.25) is 0 Å². The smallest absolute Gasteiger partial charge is 0.241 e. The lowest BCUT2D eigenvalue weighted by Crippen LogP contribution is -2.54. The molecule has 2 N–H and O–H groups in total. The molecule has 0 aromatic rings. The number of methoxy groups -OCH3 is 1. The van der Waals surface area contributed by atoms with Crippen LogP contribution in [0.3, 0.4) is 0 Å². The van der Waals surface area contributed by atoms with Gasteiger partial charge in [-0.15, -0.1) is 0 Å². The summed E-state index contributed by atoms with van der Waals surface area (Å²) in [5.41, 5.74) is 5.57. The normalized spacial score (nSPS) is 25.1. The largest absolute Gasteiger partial charge is 0.383 e. The molecule has 2 saturated heterocycles. The van der Waals surface area contributed by atoms with E-state index in [1.165, 1.54) is 0 Å². The van der Waals surface area contributed by atoms with Crippen LogP contribution in [0.4, 0.5) is 0 Å². The second-order valence-electron chi connectivity index (χ2n) is 7.80. The van der Waals surface area contributed by atoms with Gasteiger partial charge in [-0.25, -0.2) is 0 Å². The summed E-state index contributed by atoms with van der Waals surface area (Å²) in [6.45, 7) is 5.54. The molecule has 25 heavy (non-hydrogen) atoms. The minimum Gasteiger partial charge on any atom is -0.383 e. The maximum absolute atomic E-state index is 12.8. The molecule has 2 aliphatic rings. The van der Waals surface area contributed by atoms with Gasteiger partial charge in [0.25, 0.3) is 0 Å². The first kappa shape index (κ1) is 19.7. The van der Waals surface area contributed by atoms with Crippen molar-refractivity contribution in [2.45, 2.75) is 64.1 Å². The number of nitrogens with zero attached hydrogens (tertiary/aromatic N) is 3. The maximum atomic E-state index is 12.8. The Kier molecular flexibility index (Phi) is 6.42. The van der Waals surface area contributed by atoms with Crippen molar-refractivity contribution in [2.24, 2.45) is 11.1 Å². The van der Waals surface area contributed by atoms with Crippen molar-refractivity contribution in [3.05, 3.63) is 0 Å². The second kappa shape index (κ2) is 8.15. The molecule has 2 heterocycles. The van der Waals surface area contributed by atoms with E-state index in [1.54, 1.807) is 12.0 Å². The summed E-state index contributed by atoms with van der Waals surface area (Å²) in [4.78, 5) is 28.9. The van der Waals surface area contributed by atoms with Crippen LogP contribution in [0.5, 0.6) is 0 Å². The van der Waals surface area contributed by atoms with Crippen molar-refractivity contribution in [1.82, 2.24) is 9.80 Å². The number of hydrogen-bond acceptors (Lipinski definition) is 5. The molecule has 0 aromatic heterocycles. The van der Waals surface area contributed by atoms with Crippen LogP contribution in [-0.4, -0.2) is 66.5 Å². The number of amides is 2. The van der Waals surface area contributed by atoms with E-state index >= 15 is 0 Å². The first-order chi connectivity index (χ1) is 11.8. The van der Waals surface area contributed by atoms with Crippen LogP contribution in [0.1, 0.15) is 46.0 Å². The van der Waals surface area contributed by atoms with E-state index in [9.17, 15) is 14.9 Å². The molecule has 7 heteroatoms. The Bertz CT molecular complexity index is 543. The lowest BCUT2D eigenvalue weighted by Gasteiger charge is -2.35. The van der Waals surface area contributed by atoms with Gasteiger partial charge in [0.1, 0.15) is 6.04 Å². The summed E-state index contributed by atoms with van der Waals surface area (Å²) in [7, 11) is 1.64. The van der Waals surface area contributed by atoms with E-state index in [-0.39, 0.29) is 24.3 Å². The average Bonchev–Trinajstić information content (AvgIpc) is 3.22. The van der Waals surface area contributed by atoms with Crippen molar-refractivity contribution in [1.29, 1.82) is 5.26 Å². The zero-order chi connectivity index (χ0) is 18.6. The van der Waals surface area contributed by atoms with Gasteiger partial charge in [-0.3, -0.25) is 9.59 Å². The number of rotatable bonds is 6. The van der Waals surface area contributed by atoms with Gasteiger partial charge >= 0.3 is 0 Å². The molecule has 0 spiro atoms. The highest BCUT2D eigenvalue weighted by Gasteiger charge is 2.41. The maximum Gasteiger partial charge on any atom is 0.241 e. The average molecular weight is 350 g/mol. The van der Waals surface area contributed by atoms with E-state index in [2.05, 4.69) is 6.07 Å². The molecule has 2 rings (SSSR count). The van der Waals surface area contributed by atoms with Gasteiger partial charge in [-0.05, 0) is 31.1 Å². The predicted molar refractivity (Wildman–Crippen MR) is 93.3 cm³/mol. The monoisotopic (exact) mass is 350 g/mol. The molecule has 0 radical (unpaired) electrons. The molecule has 0 unspecified atom stereocenters. The fraction of sp³-hybridized carbons (Fsp3) is 0.833. The Labute approximate surface area is 150 Å². The van der Waals surface area contributed by atoms with Crippen LogP contribution in [0, 0.1) is 16.7 Å². The van der Waals surface area contributed by atoms with Gasteiger partial charge in [-0.2, -0.15) is 5.26 Å². The van der Waals surface area contributed by atoms with E-state index in [4.69, 9.17) is 10.5 Å². The lowest BCUT2D eigenvalue weighted by molar-refractivity contribution is -0.139. The van der Waals surface area contributed by atoms with Crippen LogP contribution >= 0.6 is 0 Å². The Morgan fingerprint density at radius 2 is 1.92 bits per heavy atom. The fourth-order valence-electron chi connectivity index (χ4n) is 3.81. The summed E-state index contributed by atoms with van der Waals surface area (Å²) in [5, 5.41) is 9.18. The molecule has 7 nitrogen and oxygen atoms in total. The minimum atomic E-state index is -0.797. The molecule has 0 saturated carbocycles. The van der Waals surface area contributed by atoms with E-state index in [0.29, 0.717) is 19.6 Å². The Morgan fingerprint density at radius 1 is 1.28 bits per heavy atom. The fourth-order valence-corrected chi connectivity index (χ4v) is 3.81. The van der Waals surface area contributed by atoms with E-state index in [1.807, 2.05) is 18.7 Å². The lowest BCUT2D eigenvalue weighted by atomic mass is 9.80. The van der Waals surface area contributed by atoms with Crippen LogP contribution in [0.15, 0.2) is 0 Å². The molecule has 2 amide bonds. The Morgan fingerprint density at radius 3 is 2.56 bits per heavy atom. The number of carbonyl (C=O) groups is 2. The highest BCUT2D eigenvalue weighted by molar-refractivity contribution is 5.85. The zero-order valence-electron chi connectivity index (χ0n) is 15.5.